The van der Waals surface area contributed by atoms with E-state index in [2.05, 4.69) is 9.89 Å². The number of methoxy groups -OCH3 is 2. The molecular weight excluding hydrogens is 286 g/mol. The zero-order valence-electron chi connectivity index (χ0n) is 13.2. The second-order valence-corrected chi connectivity index (χ2v) is 4.57. The van der Waals surface area contributed by atoms with Crippen molar-refractivity contribution in [1.29, 1.82) is 0 Å². The fraction of sp³-hybridized carbons (Fsp3) is 0.375. The van der Waals surface area contributed by atoms with Crippen molar-refractivity contribution < 1.29 is 24.2 Å². The smallest absolute Gasteiger partial charge is 0.309 e. The van der Waals surface area contributed by atoms with Crippen molar-refractivity contribution in [2.24, 2.45) is 5.16 Å². The van der Waals surface area contributed by atoms with Gasteiger partial charge in [-0.2, -0.15) is 0 Å². The summed E-state index contributed by atoms with van der Waals surface area (Å²) in [4.78, 5) is 16.5. The number of carbonyl (C=O) groups is 1. The molecule has 0 saturated carbocycles. The van der Waals surface area contributed by atoms with Crippen LogP contribution in [0.25, 0.3) is 0 Å². The number of phenolic OH excluding ortho intramolecular Hbond substituents is 1. The molecule has 0 bridgehead atoms. The molecule has 1 aromatic carbocycles. The molecule has 1 unspecified atom stereocenters. The normalized spacial score (nSPS) is 13.5. The van der Waals surface area contributed by atoms with Crippen LogP contribution in [0.15, 0.2) is 41.3 Å². The molecule has 0 saturated heterocycles. The summed E-state index contributed by atoms with van der Waals surface area (Å²) >= 11 is 0. The molecule has 1 rings (SSSR count). The first-order valence-corrected chi connectivity index (χ1v) is 6.78. The first-order chi connectivity index (χ1) is 10.5. The van der Waals surface area contributed by atoms with Crippen LogP contribution in [0.1, 0.15) is 25.8 Å². The lowest BCUT2D eigenvalue weighted by atomic mass is 10.1. The maximum absolute atomic E-state index is 11.1. The molecule has 6 nitrogen and oxygen atoms in total. The lowest BCUT2D eigenvalue weighted by Gasteiger charge is -2.13. The summed E-state index contributed by atoms with van der Waals surface area (Å²) < 4.78 is 9.74. The Balaban J connectivity index is 2.71. The van der Waals surface area contributed by atoms with Gasteiger partial charge in [-0.3, -0.25) is 4.79 Å². The molecule has 22 heavy (non-hydrogen) atoms. The molecular formula is C16H21NO5. The van der Waals surface area contributed by atoms with Gasteiger partial charge in [0.15, 0.2) is 6.10 Å². The third-order valence-corrected chi connectivity index (χ3v) is 2.95. The van der Waals surface area contributed by atoms with Crippen LogP contribution in [0.5, 0.6) is 5.75 Å². The Labute approximate surface area is 130 Å². The number of phenols is 1. The number of carbonyl (C=O) groups excluding carboxylic acids is 1. The summed E-state index contributed by atoms with van der Waals surface area (Å²) in [6, 6.07) is 6.72. The van der Waals surface area contributed by atoms with Crippen LogP contribution in [-0.2, 0) is 19.1 Å². The van der Waals surface area contributed by atoms with E-state index in [9.17, 15) is 9.90 Å². The molecule has 0 radical (unpaired) electrons. The van der Waals surface area contributed by atoms with Gasteiger partial charge in [-0.25, -0.2) is 0 Å². The third kappa shape index (κ3) is 5.47. The van der Waals surface area contributed by atoms with Crippen LogP contribution in [0.4, 0.5) is 0 Å². The topological polar surface area (TPSA) is 77.4 Å². The highest BCUT2D eigenvalue weighted by Gasteiger charge is 2.12. The van der Waals surface area contributed by atoms with Crippen molar-refractivity contribution in [2.45, 2.75) is 26.4 Å². The van der Waals surface area contributed by atoms with Crippen molar-refractivity contribution in [2.75, 3.05) is 14.2 Å². The number of rotatable bonds is 7. The predicted molar refractivity (Wildman–Crippen MR) is 82.6 cm³/mol. The van der Waals surface area contributed by atoms with E-state index in [1.54, 1.807) is 38.1 Å². The zero-order chi connectivity index (χ0) is 16.5. The number of hydrogen-bond acceptors (Lipinski definition) is 6. The molecule has 0 aliphatic rings. The number of ether oxygens (including phenoxy) is 2. The molecule has 0 aromatic heterocycles. The van der Waals surface area contributed by atoms with Crippen LogP contribution in [-0.4, -0.2) is 37.1 Å². The molecule has 0 aliphatic carbocycles. The van der Waals surface area contributed by atoms with E-state index >= 15 is 0 Å². The molecule has 0 heterocycles. The van der Waals surface area contributed by atoms with Crippen LogP contribution in [0.3, 0.4) is 0 Å². The van der Waals surface area contributed by atoms with Gasteiger partial charge in [0.1, 0.15) is 11.5 Å². The highest BCUT2D eigenvalue weighted by atomic mass is 16.6. The van der Waals surface area contributed by atoms with E-state index in [1.165, 1.54) is 14.2 Å². The Bertz CT molecular complexity index is 565. The first kappa shape index (κ1) is 17.6. The minimum absolute atomic E-state index is 0.0998. The quantitative estimate of drug-likeness (QED) is 0.362. The molecule has 0 amide bonds. The monoisotopic (exact) mass is 307 g/mol. The average molecular weight is 307 g/mol. The van der Waals surface area contributed by atoms with Crippen molar-refractivity contribution in [3.05, 3.63) is 41.7 Å². The van der Waals surface area contributed by atoms with Crippen LogP contribution >= 0.6 is 0 Å². The largest absolute Gasteiger partial charge is 0.508 e. The molecule has 1 atom stereocenters. The van der Waals surface area contributed by atoms with E-state index in [1.807, 2.05) is 6.07 Å². The fourth-order valence-corrected chi connectivity index (χ4v) is 1.68. The lowest BCUT2D eigenvalue weighted by molar-refractivity contribution is -0.139. The Kier molecular flexibility index (Phi) is 6.95. The van der Waals surface area contributed by atoms with E-state index in [-0.39, 0.29) is 18.1 Å². The highest BCUT2D eigenvalue weighted by Crippen LogP contribution is 2.14. The molecule has 1 aromatic rings. The number of esters is 1. The van der Waals surface area contributed by atoms with Crippen molar-refractivity contribution >= 4 is 11.7 Å². The minimum atomic E-state index is -0.457. The summed E-state index contributed by atoms with van der Waals surface area (Å²) in [5.74, 6) is 0.287. The minimum Gasteiger partial charge on any atom is -0.508 e. The van der Waals surface area contributed by atoms with E-state index < -0.39 is 6.10 Å². The fourth-order valence-electron chi connectivity index (χ4n) is 1.68. The van der Waals surface area contributed by atoms with Crippen LogP contribution in [0, 0.1) is 0 Å². The van der Waals surface area contributed by atoms with Gasteiger partial charge in [-0.1, -0.05) is 17.3 Å². The van der Waals surface area contributed by atoms with Gasteiger partial charge < -0.3 is 19.4 Å². The van der Waals surface area contributed by atoms with Gasteiger partial charge in [-0.05, 0) is 32.1 Å². The molecule has 0 spiro atoms. The number of oxime groups is 1. The third-order valence-electron chi connectivity index (χ3n) is 2.95. The number of hydrogen-bond donors (Lipinski definition) is 1. The molecule has 6 heteroatoms. The van der Waals surface area contributed by atoms with E-state index in [4.69, 9.17) is 9.57 Å². The summed E-state index contributed by atoms with van der Waals surface area (Å²) in [7, 11) is 2.82. The number of nitrogens with zero attached hydrogens (tertiary/aromatic N) is 1. The van der Waals surface area contributed by atoms with Crippen molar-refractivity contribution in [1.82, 2.24) is 0 Å². The zero-order valence-corrected chi connectivity index (χ0v) is 13.2. The van der Waals surface area contributed by atoms with Gasteiger partial charge in [0.05, 0.1) is 26.4 Å². The van der Waals surface area contributed by atoms with Gasteiger partial charge in [0, 0.05) is 5.56 Å². The van der Waals surface area contributed by atoms with E-state index in [0.29, 0.717) is 11.5 Å². The molecule has 1 N–H and O–H groups in total. The average Bonchev–Trinajstić information content (AvgIpc) is 2.52. The van der Waals surface area contributed by atoms with Gasteiger partial charge in [0.25, 0.3) is 0 Å². The highest BCUT2D eigenvalue weighted by molar-refractivity contribution is 5.98. The SMILES string of the molecule is COC(=O)C/C=C(\OC)C(C)O/N=C(/C)c1cccc(O)c1. The number of benzene rings is 1. The molecule has 120 valence electrons. The molecule has 0 fully saturated rings. The molecule has 0 aliphatic heterocycles. The maximum atomic E-state index is 11.1. The van der Waals surface area contributed by atoms with Gasteiger partial charge in [-0.15, -0.1) is 0 Å². The Morgan fingerprint density at radius 2 is 2.09 bits per heavy atom. The maximum Gasteiger partial charge on any atom is 0.309 e. The second-order valence-electron chi connectivity index (χ2n) is 4.57. The standard InChI is InChI=1S/C16H21NO5/c1-11(13-6-5-7-14(18)10-13)17-22-12(2)15(20-3)8-9-16(19)21-4/h5-8,10,12,18H,9H2,1-4H3/b15-8-,17-11-. The van der Waals surface area contributed by atoms with E-state index in [0.717, 1.165) is 5.56 Å². The second kappa shape index (κ2) is 8.71. The lowest BCUT2D eigenvalue weighted by Crippen LogP contribution is -2.12. The Hall–Kier alpha value is -2.50. The summed E-state index contributed by atoms with van der Waals surface area (Å²) in [5.41, 5.74) is 1.37. The van der Waals surface area contributed by atoms with Crippen LogP contribution < -0.4 is 0 Å². The summed E-state index contributed by atoms with van der Waals surface area (Å²) in [5, 5.41) is 13.5. The van der Waals surface area contributed by atoms with Gasteiger partial charge >= 0.3 is 5.97 Å². The van der Waals surface area contributed by atoms with Gasteiger partial charge in [0.2, 0.25) is 0 Å². The van der Waals surface area contributed by atoms with Crippen molar-refractivity contribution in [3.8, 4) is 5.75 Å². The Morgan fingerprint density at radius 3 is 2.68 bits per heavy atom. The van der Waals surface area contributed by atoms with Crippen molar-refractivity contribution in [3.63, 3.8) is 0 Å². The summed E-state index contributed by atoms with van der Waals surface area (Å²) in [6.07, 6.45) is 1.24. The predicted octanol–water partition coefficient (Wildman–Crippen LogP) is 2.61. The summed E-state index contributed by atoms with van der Waals surface area (Å²) in [6.45, 7) is 3.53. The Morgan fingerprint density at radius 1 is 1.36 bits per heavy atom. The first-order valence-electron chi connectivity index (χ1n) is 6.78. The number of aromatic hydroxyl groups is 1. The van der Waals surface area contributed by atoms with Crippen LogP contribution in [0.2, 0.25) is 0 Å².